The number of aryl methyl sites for hydroxylation is 1. The summed E-state index contributed by atoms with van der Waals surface area (Å²) in [5.74, 6) is -6.50. The number of hydrogen-bond donors (Lipinski definition) is 5. The number of cyclic esters (lactones) is 2. The molecule has 85 heavy (non-hydrogen) atoms. The van der Waals surface area contributed by atoms with Gasteiger partial charge >= 0.3 is 12.1 Å². The van der Waals surface area contributed by atoms with Gasteiger partial charge < -0.3 is 45.4 Å². The van der Waals surface area contributed by atoms with Crippen LogP contribution in [-0.4, -0.2) is 202 Å². The zero-order valence-corrected chi connectivity index (χ0v) is 55.5. The molecule has 1 aliphatic heterocycles. The van der Waals surface area contributed by atoms with E-state index in [1.165, 1.54) is 56.9 Å². The quantitative estimate of drug-likeness (QED) is 0.0933. The van der Waals surface area contributed by atoms with Crippen molar-refractivity contribution >= 4 is 59.5 Å². The molecule has 1 fully saturated rings. The van der Waals surface area contributed by atoms with Gasteiger partial charge in [0.05, 0.1) is 30.7 Å². The van der Waals surface area contributed by atoms with Gasteiger partial charge in [-0.3, -0.25) is 53.7 Å². The number of amides is 8. The number of nitrogens with zero attached hydrogens (tertiary/aromatic N) is 7. The van der Waals surface area contributed by atoms with Crippen LogP contribution in [0.3, 0.4) is 0 Å². The Kier molecular flexibility index (Phi) is 30.9. The van der Waals surface area contributed by atoms with E-state index >= 15 is 4.79 Å². The number of likely N-dealkylation sites (N-methyl/N-ethyl adjacent to an activating group) is 5. The Balaban J connectivity index is 2.95. The van der Waals surface area contributed by atoms with Gasteiger partial charge in [-0.05, 0) is 132 Å². The molecule has 0 aromatic carbocycles. The number of rotatable bonds is 17. The van der Waals surface area contributed by atoms with Crippen molar-refractivity contribution in [1.29, 1.82) is 0 Å². The van der Waals surface area contributed by atoms with Crippen LogP contribution in [0.25, 0.3) is 6.08 Å². The van der Waals surface area contributed by atoms with Gasteiger partial charge in [0.2, 0.25) is 41.4 Å². The minimum atomic E-state index is -1.59. The minimum Gasteiger partial charge on any atom is -0.391 e. The molecule has 0 bridgehead atoms. The summed E-state index contributed by atoms with van der Waals surface area (Å²) >= 11 is 0. The van der Waals surface area contributed by atoms with Crippen LogP contribution >= 0.6 is 0 Å². The fourth-order valence-corrected chi connectivity index (χ4v) is 10.6. The van der Waals surface area contributed by atoms with Crippen molar-refractivity contribution in [2.24, 2.45) is 41.4 Å². The van der Waals surface area contributed by atoms with Gasteiger partial charge in [-0.15, -0.1) is 0 Å². The number of aliphatic hydroxyl groups is 1. The lowest BCUT2D eigenvalue weighted by Crippen LogP contribution is -2.62. The van der Waals surface area contributed by atoms with Crippen molar-refractivity contribution in [3.05, 3.63) is 35.7 Å². The van der Waals surface area contributed by atoms with Crippen LogP contribution in [0.5, 0.6) is 0 Å². The van der Waals surface area contributed by atoms with Crippen LogP contribution < -0.4 is 21.3 Å². The molecular weight excluding hydrogens is 1090 g/mol. The monoisotopic (exact) mass is 1200 g/mol. The third-order valence-electron chi connectivity index (χ3n) is 15.5. The van der Waals surface area contributed by atoms with E-state index in [4.69, 9.17) is 4.74 Å². The molecule has 2 rings (SSSR count). The fraction of sp³-hybridized carbons (Fsp3) is 0.746. The van der Waals surface area contributed by atoms with Crippen molar-refractivity contribution in [3.63, 3.8) is 0 Å². The molecule has 1 aliphatic rings. The van der Waals surface area contributed by atoms with Gasteiger partial charge in [-0.25, -0.2) is 9.59 Å². The molecule has 1 aromatic heterocycles. The topological polar surface area (TPSA) is 264 Å². The maximum atomic E-state index is 15.2. The maximum absolute atomic E-state index is 15.2. The van der Waals surface area contributed by atoms with Crippen LogP contribution in [0.4, 0.5) is 4.79 Å². The second kappa shape index (κ2) is 35.0. The van der Waals surface area contributed by atoms with E-state index < -0.39 is 127 Å². The number of carbonyl (C=O) groups is 9. The van der Waals surface area contributed by atoms with Gasteiger partial charge in [0.1, 0.15) is 42.3 Å². The molecule has 1 aromatic rings. The lowest BCUT2D eigenvalue weighted by Gasteiger charge is -2.40. The molecule has 0 saturated carbocycles. The largest absolute Gasteiger partial charge is 0.417 e. The van der Waals surface area contributed by atoms with Crippen LogP contribution in [-0.2, 0) is 43.1 Å². The van der Waals surface area contributed by atoms with Crippen molar-refractivity contribution in [2.45, 2.75) is 216 Å². The van der Waals surface area contributed by atoms with Crippen molar-refractivity contribution in [3.8, 4) is 0 Å². The highest BCUT2D eigenvalue weighted by Crippen LogP contribution is 2.24. The summed E-state index contributed by atoms with van der Waals surface area (Å²) in [6, 6.07) is -2.91. The zero-order valence-electron chi connectivity index (χ0n) is 55.5. The molecule has 0 radical (unpaired) electrons. The molecule has 22 heteroatoms. The minimum absolute atomic E-state index is 0.0622. The summed E-state index contributed by atoms with van der Waals surface area (Å²) in [7, 11) is 8.92. The number of allylic oxidation sites excluding steroid dienone is 1. The molecule has 2 unspecified atom stereocenters. The Bertz CT molecular complexity index is 2410. The van der Waals surface area contributed by atoms with Crippen molar-refractivity contribution < 1.29 is 53.0 Å². The predicted molar refractivity (Wildman–Crippen MR) is 330 cm³/mol. The van der Waals surface area contributed by atoms with Gasteiger partial charge in [0.25, 0.3) is 0 Å². The lowest BCUT2D eigenvalue weighted by molar-refractivity contribution is -0.152. The Morgan fingerprint density at radius 2 is 1.11 bits per heavy atom. The standard InChI is InChI=1S/C63H109N11O11/c1-36(2)29-47-59(80)74(22)55(41(11)12)61(82)71(19)50(34-42(13)25-23-27-46-28-24-26-43(14)64-46)58(79)68-54(45(16)75)60(81)69(17)35-53(76)70(18)48(30-37(3)4)57(78)67-52(33-40(9)10)73(21)51(32-39(7)8)65-44(15)62(83)85-63(84)72(20)49(31-38(5)6)56(77)66-47/h23-24,26-28,36-42,44-45,47-52,54-55,65,75H,25,29-35H2,1-22H3,(H,66,77)(H,67,78)(H,68,79)/b27-23+/t42-,44-,45-,47-,48+,49-,50-,51-,52+,54?,55?/m1/s1. The molecule has 1 saturated heterocycles. The zero-order chi connectivity index (χ0) is 65.1. The van der Waals surface area contributed by atoms with E-state index in [9.17, 15) is 43.5 Å². The normalized spacial score (nSPS) is 25.7. The number of hydrogen-bond acceptors (Lipinski definition) is 14. The predicted octanol–water partition coefficient (Wildman–Crippen LogP) is 5.65. The molecule has 8 amide bonds. The highest BCUT2D eigenvalue weighted by atomic mass is 16.6. The molecule has 482 valence electrons. The highest BCUT2D eigenvalue weighted by Gasteiger charge is 2.43. The van der Waals surface area contributed by atoms with Gasteiger partial charge in [0, 0.05) is 40.9 Å². The summed E-state index contributed by atoms with van der Waals surface area (Å²) in [6.45, 7) is 29.0. The van der Waals surface area contributed by atoms with E-state index in [-0.39, 0.29) is 61.2 Å². The Morgan fingerprint density at radius 3 is 1.62 bits per heavy atom. The first-order chi connectivity index (χ1) is 39.4. The van der Waals surface area contributed by atoms with E-state index in [2.05, 4.69) is 26.3 Å². The Labute approximate surface area is 508 Å². The highest BCUT2D eigenvalue weighted by molar-refractivity contribution is 5.97. The van der Waals surface area contributed by atoms with Gasteiger partial charge in [0.15, 0.2) is 0 Å². The molecule has 0 aliphatic carbocycles. The number of aliphatic hydroxyl groups excluding tert-OH is 1. The lowest BCUT2D eigenvalue weighted by atomic mass is 9.94. The summed E-state index contributed by atoms with van der Waals surface area (Å²) in [6.07, 6.45) is 1.98. The smallest absolute Gasteiger partial charge is 0.391 e. The van der Waals surface area contributed by atoms with Gasteiger partial charge in [-0.1, -0.05) is 102 Å². The molecule has 11 atom stereocenters. The summed E-state index contributed by atoms with van der Waals surface area (Å²) < 4.78 is 5.50. The average molecular weight is 1200 g/mol. The van der Waals surface area contributed by atoms with Gasteiger partial charge in [-0.2, -0.15) is 0 Å². The second-order valence-corrected chi connectivity index (χ2v) is 26.3. The third kappa shape index (κ3) is 23.7. The number of pyridine rings is 1. The molecule has 22 nitrogen and oxygen atoms in total. The number of esters is 1. The van der Waals surface area contributed by atoms with Crippen molar-refractivity contribution in [1.82, 2.24) is 55.7 Å². The summed E-state index contributed by atoms with van der Waals surface area (Å²) in [4.78, 5) is 144. The fourth-order valence-electron chi connectivity index (χ4n) is 10.6. The molecule has 2 heterocycles. The number of nitrogens with one attached hydrogen (secondary N) is 4. The van der Waals surface area contributed by atoms with E-state index in [1.807, 2.05) is 125 Å². The molecular formula is C63H109N11O11. The Hall–Kier alpha value is -6.00. The first kappa shape index (κ1) is 75.1. The molecule has 0 spiro atoms. The summed E-state index contributed by atoms with van der Waals surface area (Å²) in [5.41, 5.74) is 1.57. The molecule has 5 N–H and O–H groups in total. The van der Waals surface area contributed by atoms with Crippen LogP contribution in [0.1, 0.15) is 160 Å². The van der Waals surface area contributed by atoms with Crippen LogP contribution in [0.2, 0.25) is 0 Å². The Morgan fingerprint density at radius 1 is 0.600 bits per heavy atom. The van der Waals surface area contributed by atoms with Crippen LogP contribution in [0, 0.1) is 48.3 Å². The number of ether oxygens (including phenoxy) is 1. The average Bonchev–Trinajstić information content (AvgIpc) is 2.50. The first-order valence-corrected chi connectivity index (χ1v) is 30.6. The number of aromatic nitrogens is 1. The number of carbonyl (C=O) groups excluding carboxylic acids is 9. The van der Waals surface area contributed by atoms with Crippen LogP contribution in [0.15, 0.2) is 24.3 Å². The second-order valence-electron chi connectivity index (χ2n) is 26.3. The van der Waals surface area contributed by atoms with E-state index in [0.717, 1.165) is 21.2 Å². The van der Waals surface area contributed by atoms with Crippen molar-refractivity contribution in [2.75, 3.05) is 48.8 Å². The third-order valence-corrected chi connectivity index (χ3v) is 15.5. The van der Waals surface area contributed by atoms with E-state index in [1.54, 1.807) is 20.8 Å². The SMILES string of the molecule is Cc1cccc(/C=C/C[C@@H](C)C[C@@H]2C(=O)NC([C@@H](C)O)C(=O)N(C)CC(=O)N(C)[C@@H](CC(C)C)C(=O)N[C@H](CC(C)C)N(C)[C@H](CC(C)C)N[C@H](C)C(=O)OC(=O)N(C)[C@H](CC(C)C)C(=O)N[C@H](CC(C)C)C(=O)N(C)C(C(C)C)C(=O)N2C)n1. The maximum Gasteiger partial charge on any atom is 0.417 e. The van der Waals surface area contributed by atoms with E-state index in [0.29, 0.717) is 19.3 Å². The summed E-state index contributed by atoms with van der Waals surface area (Å²) in [5, 5.41) is 23.4. The first-order valence-electron chi connectivity index (χ1n) is 30.6.